The molecule has 0 saturated heterocycles. The van der Waals surface area contributed by atoms with Crippen LogP contribution in [-0.4, -0.2) is 23.6 Å². The molecule has 1 amide bonds. The van der Waals surface area contributed by atoms with Crippen LogP contribution in [0.15, 0.2) is 42.5 Å². The summed E-state index contributed by atoms with van der Waals surface area (Å²) in [6, 6.07) is 12.7. The van der Waals surface area contributed by atoms with Gasteiger partial charge in [0.25, 0.3) is 5.91 Å². The van der Waals surface area contributed by atoms with Gasteiger partial charge in [0.05, 0.1) is 12.3 Å². The first kappa shape index (κ1) is 18.5. The number of aryl methyl sites for hydroxylation is 2. The number of ether oxygens (including phenoxy) is 1. The van der Waals surface area contributed by atoms with Crippen LogP contribution in [0, 0.1) is 6.92 Å². The van der Waals surface area contributed by atoms with Gasteiger partial charge in [0, 0.05) is 12.0 Å². The summed E-state index contributed by atoms with van der Waals surface area (Å²) in [5, 5.41) is 11.7. The van der Waals surface area contributed by atoms with Crippen molar-refractivity contribution in [2.24, 2.45) is 0 Å². The second kappa shape index (κ2) is 8.87. The first-order valence-electron chi connectivity index (χ1n) is 8.35. The van der Waals surface area contributed by atoms with Gasteiger partial charge in [-0.25, -0.2) is 0 Å². The molecule has 5 nitrogen and oxygen atoms in total. The molecule has 0 atom stereocenters. The number of carboxylic acid groups (broad SMARTS) is 1. The lowest BCUT2D eigenvalue weighted by atomic mass is 10.1. The van der Waals surface area contributed by atoms with Crippen LogP contribution in [0.25, 0.3) is 0 Å². The quantitative estimate of drug-likeness (QED) is 0.759. The lowest BCUT2D eigenvalue weighted by molar-refractivity contribution is -0.136. The van der Waals surface area contributed by atoms with Crippen molar-refractivity contribution in [2.75, 3.05) is 11.9 Å². The van der Waals surface area contributed by atoms with E-state index in [1.807, 2.05) is 38.1 Å². The number of hydrogen-bond donors (Lipinski definition) is 2. The van der Waals surface area contributed by atoms with Crippen molar-refractivity contribution in [3.8, 4) is 5.75 Å². The Morgan fingerprint density at radius 3 is 2.60 bits per heavy atom. The van der Waals surface area contributed by atoms with Crippen LogP contribution in [-0.2, 0) is 11.2 Å². The predicted molar refractivity (Wildman–Crippen MR) is 97.3 cm³/mol. The monoisotopic (exact) mass is 341 g/mol. The first-order valence-corrected chi connectivity index (χ1v) is 8.35. The third-order valence-electron chi connectivity index (χ3n) is 3.77. The van der Waals surface area contributed by atoms with Gasteiger partial charge in [0.1, 0.15) is 5.75 Å². The molecule has 25 heavy (non-hydrogen) atoms. The molecule has 0 saturated carbocycles. The van der Waals surface area contributed by atoms with Gasteiger partial charge in [-0.2, -0.15) is 0 Å². The van der Waals surface area contributed by atoms with E-state index in [9.17, 15) is 9.59 Å². The molecule has 0 aliphatic rings. The number of carboxylic acids is 1. The van der Waals surface area contributed by atoms with Crippen molar-refractivity contribution in [2.45, 2.75) is 33.1 Å². The zero-order valence-electron chi connectivity index (χ0n) is 14.5. The number of carbonyl (C=O) groups is 2. The summed E-state index contributed by atoms with van der Waals surface area (Å²) in [4.78, 5) is 23.3. The normalized spacial score (nSPS) is 10.3. The lowest BCUT2D eigenvalue weighted by Crippen LogP contribution is -2.14. The van der Waals surface area contributed by atoms with Crippen LogP contribution in [0.5, 0.6) is 5.75 Å². The van der Waals surface area contributed by atoms with Gasteiger partial charge < -0.3 is 15.2 Å². The van der Waals surface area contributed by atoms with Crippen molar-refractivity contribution >= 4 is 17.6 Å². The number of hydrogen-bond acceptors (Lipinski definition) is 3. The molecule has 0 unspecified atom stereocenters. The molecule has 2 rings (SSSR count). The van der Waals surface area contributed by atoms with Crippen LogP contribution in [0.2, 0.25) is 0 Å². The highest BCUT2D eigenvalue weighted by Gasteiger charge is 2.13. The second-order valence-corrected chi connectivity index (χ2v) is 5.84. The number of aliphatic carboxylic acids is 1. The summed E-state index contributed by atoms with van der Waals surface area (Å²) in [7, 11) is 0. The standard InChI is InChI=1S/C20H23NO4/c1-3-12-25-18-10-8-15(9-11-19(22)23)13-17(18)21-20(24)16-7-5-4-6-14(16)2/h4-8,10,13H,3,9,11-12H2,1-2H3,(H,21,24)(H,22,23). The number of benzene rings is 2. The van der Waals surface area contributed by atoms with E-state index >= 15 is 0 Å². The summed E-state index contributed by atoms with van der Waals surface area (Å²) in [6.45, 7) is 4.43. The molecule has 5 heteroatoms. The van der Waals surface area contributed by atoms with Crippen molar-refractivity contribution in [1.82, 2.24) is 0 Å². The molecule has 0 fully saturated rings. The maximum atomic E-state index is 12.6. The molecular weight excluding hydrogens is 318 g/mol. The van der Waals surface area contributed by atoms with Crippen molar-refractivity contribution in [3.63, 3.8) is 0 Å². The number of carbonyl (C=O) groups excluding carboxylic acids is 1. The second-order valence-electron chi connectivity index (χ2n) is 5.84. The van der Waals surface area contributed by atoms with E-state index < -0.39 is 5.97 Å². The van der Waals surface area contributed by atoms with Crippen molar-refractivity contribution in [1.29, 1.82) is 0 Å². The van der Waals surface area contributed by atoms with Crippen LogP contribution in [0.1, 0.15) is 41.3 Å². The van der Waals surface area contributed by atoms with Crippen molar-refractivity contribution < 1.29 is 19.4 Å². The number of anilines is 1. The van der Waals surface area contributed by atoms with Gasteiger partial charge in [-0.15, -0.1) is 0 Å². The maximum Gasteiger partial charge on any atom is 0.303 e. The van der Waals surface area contributed by atoms with E-state index in [1.54, 1.807) is 18.2 Å². The third-order valence-corrected chi connectivity index (χ3v) is 3.77. The fraction of sp³-hybridized carbons (Fsp3) is 0.300. The summed E-state index contributed by atoms with van der Waals surface area (Å²) in [5.41, 5.74) is 2.88. The SMILES string of the molecule is CCCOc1ccc(CCC(=O)O)cc1NC(=O)c1ccccc1C. The fourth-order valence-corrected chi connectivity index (χ4v) is 2.44. The van der Waals surface area contributed by atoms with Gasteiger partial charge in [-0.05, 0) is 49.1 Å². The highest BCUT2D eigenvalue weighted by Crippen LogP contribution is 2.27. The molecule has 0 spiro atoms. The average Bonchev–Trinajstić information content (AvgIpc) is 2.59. The van der Waals surface area contributed by atoms with E-state index in [1.165, 1.54) is 0 Å². The maximum absolute atomic E-state index is 12.6. The smallest absolute Gasteiger partial charge is 0.303 e. The Hall–Kier alpha value is -2.82. The molecule has 2 aromatic carbocycles. The Balaban J connectivity index is 2.25. The van der Waals surface area contributed by atoms with Crippen LogP contribution in [0.3, 0.4) is 0 Å². The van der Waals surface area contributed by atoms with Crippen LogP contribution >= 0.6 is 0 Å². The van der Waals surface area contributed by atoms with Gasteiger partial charge in [0.15, 0.2) is 0 Å². The van der Waals surface area contributed by atoms with Crippen LogP contribution < -0.4 is 10.1 Å². The van der Waals surface area contributed by atoms with E-state index in [4.69, 9.17) is 9.84 Å². The number of amides is 1. The molecule has 0 heterocycles. The topological polar surface area (TPSA) is 75.6 Å². The molecular formula is C20H23NO4. The minimum Gasteiger partial charge on any atom is -0.491 e. The van der Waals surface area contributed by atoms with Gasteiger partial charge >= 0.3 is 5.97 Å². The lowest BCUT2D eigenvalue weighted by Gasteiger charge is -2.14. The molecule has 0 radical (unpaired) electrons. The van der Waals surface area contributed by atoms with E-state index in [-0.39, 0.29) is 12.3 Å². The van der Waals surface area contributed by atoms with Gasteiger partial charge in [-0.3, -0.25) is 9.59 Å². The van der Waals surface area contributed by atoms with E-state index in [0.29, 0.717) is 30.0 Å². The molecule has 0 aliphatic carbocycles. The van der Waals surface area contributed by atoms with E-state index in [2.05, 4.69) is 5.32 Å². The number of nitrogens with one attached hydrogen (secondary N) is 1. The number of rotatable bonds is 8. The summed E-state index contributed by atoms with van der Waals surface area (Å²) in [6.07, 6.45) is 1.29. The molecule has 0 bridgehead atoms. The third kappa shape index (κ3) is 5.35. The molecule has 2 aromatic rings. The fourth-order valence-electron chi connectivity index (χ4n) is 2.44. The Bertz CT molecular complexity index is 755. The average molecular weight is 341 g/mol. The molecule has 0 aliphatic heterocycles. The highest BCUT2D eigenvalue weighted by molar-refractivity contribution is 6.06. The summed E-state index contributed by atoms with van der Waals surface area (Å²) >= 11 is 0. The first-order chi connectivity index (χ1) is 12.0. The van der Waals surface area contributed by atoms with Gasteiger partial charge in [0.2, 0.25) is 0 Å². The zero-order chi connectivity index (χ0) is 18.2. The largest absolute Gasteiger partial charge is 0.491 e. The minimum absolute atomic E-state index is 0.0420. The Kier molecular flexibility index (Phi) is 6.57. The summed E-state index contributed by atoms with van der Waals surface area (Å²) in [5.74, 6) is -0.477. The van der Waals surface area contributed by atoms with Crippen molar-refractivity contribution in [3.05, 3.63) is 59.2 Å². The molecule has 0 aromatic heterocycles. The molecule has 2 N–H and O–H groups in total. The van der Waals surface area contributed by atoms with Gasteiger partial charge in [-0.1, -0.05) is 31.2 Å². The summed E-state index contributed by atoms with van der Waals surface area (Å²) < 4.78 is 5.70. The predicted octanol–water partition coefficient (Wildman–Crippen LogP) is 4.05. The highest BCUT2D eigenvalue weighted by atomic mass is 16.5. The minimum atomic E-state index is -0.850. The Morgan fingerprint density at radius 2 is 1.92 bits per heavy atom. The van der Waals surface area contributed by atoms with E-state index in [0.717, 1.165) is 17.5 Å². The zero-order valence-corrected chi connectivity index (χ0v) is 14.5. The Morgan fingerprint density at radius 1 is 1.16 bits per heavy atom. The molecule has 132 valence electrons. The Labute approximate surface area is 147 Å². The van der Waals surface area contributed by atoms with Crippen LogP contribution in [0.4, 0.5) is 5.69 Å².